The fourth-order valence-electron chi connectivity index (χ4n) is 10.1. The Morgan fingerprint density at radius 2 is 1.84 bits per heavy atom. The van der Waals surface area contributed by atoms with Crippen molar-refractivity contribution < 1.29 is 31.6 Å². The van der Waals surface area contributed by atoms with Gasteiger partial charge < -0.3 is 29.3 Å². The van der Waals surface area contributed by atoms with Gasteiger partial charge in [0.2, 0.25) is 11.8 Å². The van der Waals surface area contributed by atoms with Crippen LogP contribution in [0.5, 0.6) is 0 Å². The first kappa shape index (κ1) is 49.5. The Kier molecular flexibility index (Phi) is 14.8. The van der Waals surface area contributed by atoms with Crippen LogP contribution in [0, 0.1) is 11.3 Å². The standard InChI is InChI=1S/C51H69N9O6S.2H2/c1-13-59-39-19-18-32-24-34(39)35(46(59)33-16-14-22-52-44(33)31(6)66-12)27-51(7,8)21-20-42(61)36-17-15-23-60(55-36)49(64)37(25-43-53-38(32)28-67-43)54-47(62)45(29(2)3)58(11)50(65)57(10)41-26-40(41)56(9)48(63)30(4)5;;/h14,16,18-19,22,24,28-29,31,36-37,40-41,45,55H,4,13,15,17,20-21,23,25-27H2,1-3,5-12H3,(H,54,62);2*1H/t31-,36-,37-,40+,41+,45-;;/m0../s1. The minimum atomic E-state index is -1.05. The van der Waals surface area contributed by atoms with Crippen LogP contribution in [0.2, 0.25) is 0 Å². The topological polar surface area (TPSA) is 162 Å². The average molecular weight is 940 g/mol. The molecule has 1 aliphatic carbocycles. The Hall–Kier alpha value is -5.45. The summed E-state index contributed by atoms with van der Waals surface area (Å²) in [4.78, 5) is 84.6. The van der Waals surface area contributed by atoms with Gasteiger partial charge in [0.25, 0.3) is 5.91 Å². The zero-order chi connectivity index (χ0) is 48.6. The molecule has 1 aromatic carbocycles. The van der Waals surface area contributed by atoms with E-state index in [-0.39, 0.29) is 62.4 Å². The van der Waals surface area contributed by atoms with Crippen LogP contribution >= 0.6 is 11.3 Å². The smallest absolute Gasteiger partial charge is 0.320 e. The van der Waals surface area contributed by atoms with Gasteiger partial charge in [-0.3, -0.25) is 29.2 Å². The van der Waals surface area contributed by atoms with E-state index in [1.54, 1.807) is 45.0 Å². The fourth-order valence-corrected chi connectivity index (χ4v) is 10.9. The average Bonchev–Trinajstić information content (AvgIpc) is 3.88. The minimum absolute atomic E-state index is 0. The van der Waals surface area contributed by atoms with Gasteiger partial charge in [-0.2, -0.15) is 0 Å². The van der Waals surface area contributed by atoms with Crippen LogP contribution in [0.3, 0.4) is 0 Å². The van der Waals surface area contributed by atoms with Gasteiger partial charge in [-0.1, -0.05) is 40.3 Å². The molecule has 3 aliphatic rings. The molecule has 2 N–H and O–H groups in total. The summed E-state index contributed by atoms with van der Waals surface area (Å²) >= 11 is 1.42. The van der Waals surface area contributed by atoms with Crippen molar-refractivity contribution >= 4 is 51.8 Å². The maximum absolute atomic E-state index is 14.7. The lowest BCUT2D eigenvalue weighted by Gasteiger charge is -2.37. The van der Waals surface area contributed by atoms with Gasteiger partial charge >= 0.3 is 6.03 Å². The number of amides is 5. The number of nitrogens with one attached hydrogen (secondary N) is 2. The molecule has 15 nitrogen and oxygen atoms in total. The van der Waals surface area contributed by atoms with E-state index in [2.05, 4.69) is 66.9 Å². The number of hydrazine groups is 1. The molecular weight excluding hydrogens is 867 g/mol. The van der Waals surface area contributed by atoms with E-state index in [9.17, 15) is 24.0 Å². The number of aryl methyl sites for hydroxylation is 1. The molecule has 67 heavy (non-hydrogen) atoms. The molecule has 1 saturated heterocycles. The predicted molar refractivity (Wildman–Crippen MR) is 266 cm³/mol. The molecule has 6 bridgehead atoms. The zero-order valence-corrected chi connectivity index (χ0v) is 42.0. The second kappa shape index (κ2) is 20.0. The summed E-state index contributed by atoms with van der Waals surface area (Å²) in [7, 11) is 6.69. The molecule has 7 rings (SSSR count). The van der Waals surface area contributed by atoms with Crippen molar-refractivity contribution in [1.82, 2.24) is 45.0 Å². The second-order valence-corrected chi connectivity index (χ2v) is 20.8. The zero-order valence-electron chi connectivity index (χ0n) is 41.1. The monoisotopic (exact) mass is 940 g/mol. The van der Waals surface area contributed by atoms with Crippen LogP contribution in [0.1, 0.15) is 106 Å². The minimum Gasteiger partial charge on any atom is -0.375 e. The van der Waals surface area contributed by atoms with Crippen molar-refractivity contribution in [1.29, 1.82) is 0 Å². The number of pyridine rings is 1. The van der Waals surface area contributed by atoms with Crippen molar-refractivity contribution in [2.75, 3.05) is 34.8 Å². The van der Waals surface area contributed by atoms with Crippen LogP contribution in [0.25, 0.3) is 33.4 Å². The Balaban J connectivity index is 0.00000444. The maximum atomic E-state index is 14.7. The third kappa shape index (κ3) is 10.2. The van der Waals surface area contributed by atoms with Gasteiger partial charge in [-0.05, 0) is 94.0 Å². The van der Waals surface area contributed by atoms with Crippen molar-refractivity contribution in [3.63, 3.8) is 0 Å². The summed E-state index contributed by atoms with van der Waals surface area (Å²) in [6.45, 7) is 18.9. The number of benzene rings is 1. The number of thiazole rings is 1. The molecule has 2 aliphatic heterocycles. The molecular formula is C51H73N9O6S. The molecule has 2 fully saturated rings. The van der Waals surface area contributed by atoms with E-state index in [1.807, 2.05) is 38.4 Å². The summed E-state index contributed by atoms with van der Waals surface area (Å²) < 4.78 is 8.19. The number of fused-ring (bicyclic) bond motifs is 6. The largest absolute Gasteiger partial charge is 0.375 e. The quantitative estimate of drug-likeness (QED) is 0.144. The predicted octanol–water partition coefficient (Wildman–Crippen LogP) is 7.68. The molecule has 5 heterocycles. The van der Waals surface area contributed by atoms with Crippen LogP contribution < -0.4 is 10.7 Å². The molecule has 6 atom stereocenters. The lowest BCUT2D eigenvalue weighted by Crippen LogP contribution is -2.62. The number of hydrogen-bond acceptors (Lipinski definition) is 10. The number of urea groups is 1. The third-order valence-electron chi connectivity index (χ3n) is 14.0. The summed E-state index contributed by atoms with van der Waals surface area (Å²) in [5.74, 6) is -1.31. The van der Waals surface area contributed by atoms with Crippen LogP contribution in [-0.2, 0) is 43.3 Å². The Bertz CT molecular complexity index is 2560. The third-order valence-corrected chi connectivity index (χ3v) is 14.9. The summed E-state index contributed by atoms with van der Waals surface area (Å²) in [5, 5.41) is 8.30. The highest BCUT2D eigenvalue weighted by atomic mass is 32.1. The first-order chi connectivity index (χ1) is 31.8. The van der Waals surface area contributed by atoms with Gasteiger partial charge in [0.15, 0.2) is 5.78 Å². The normalized spacial score (nSPS) is 21.6. The molecule has 0 radical (unpaired) electrons. The van der Waals surface area contributed by atoms with E-state index in [0.717, 1.165) is 45.7 Å². The fraction of sp³-hybridized carbons (Fsp3) is 0.549. The number of carbonyl (C=O) groups excluding carboxylic acids is 5. The number of ether oxygens (including phenoxy) is 1. The van der Waals surface area contributed by atoms with Crippen LogP contribution in [-0.4, -0.2) is 129 Å². The van der Waals surface area contributed by atoms with E-state index in [0.29, 0.717) is 55.7 Å². The highest BCUT2D eigenvalue weighted by Gasteiger charge is 2.48. The number of ketones is 1. The molecule has 4 aromatic rings. The highest BCUT2D eigenvalue weighted by Crippen LogP contribution is 2.43. The SMILES string of the molecule is C=C(C)C(=O)N(C)[C@@H]1C[C@H]1N(C)C(=O)N(C)[C@H](C(=O)N[C@H]1Cc2nc(cs2)-c2ccc3c(c2)c(c(-c2cccnc2[C@H](C)OC)n3CC)CC(C)(C)CCC(=O)[C@@H]2CCCN(N2)C1=O)C(C)C.[HH].[HH]. The van der Waals surface area contributed by atoms with Gasteiger partial charge in [0, 0.05) is 96.2 Å². The summed E-state index contributed by atoms with van der Waals surface area (Å²) in [6, 6.07) is 7.26. The number of nitrogens with zero attached hydrogens (tertiary/aromatic N) is 7. The first-order valence-electron chi connectivity index (χ1n) is 23.7. The molecule has 3 aromatic heterocycles. The van der Waals surface area contributed by atoms with Gasteiger partial charge in [0.1, 0.15) is 12.1 Å². The second-order valence-electron chi connectivity index (χ2n) is 19.9. The van der Waals surface area contributed by atoms with E-state index >= 15 is 0 Å². The lowest BCUT2D eigenvalue weighted by molar-refractivity contribution is -0.143. The lowest BCUT2D eigenvalue weighted by atomic mass is 9.79. The van der Waals surface area contributed by atoms with Crippen LogP contribution in [0.4, 0.5) is 4.79 Å². The number of carbonyl (C=O) groups is 5. The van der Waals surface area contributed by atoms with Crippen molar-refractivity contribution in [3.8, 4) is 22.5 Å². The molecule has 0 unspecified atom stereocenters. The maximum Gasteiger partial charge on any atom is 0.320 e. The number of Topliss-reactive ketones (excluding diaryl/α,β-unsaturated/α-hetero) is 1. The summed E-state index contributed by atoms with van der Waals surface area (Å²) in [6.07, 6.45) is 5.14. The number of rotatable bonds is 11. The molecule has 16 heteroatoms. The van der Waals surface area contributed by atoms with Gasteiger partial charge in [-0.25, -0.2) is 15.2 Å². The van der Waals surface area contributed by atoms with Crippen molar-refractivity contribution in [3.05, 3.63) is 70.3 Å². The number of hydrogen-bond donors (Lipinski definition) is 2. The Morgan fingerprint density at radius 3 is 2.52 bits per heavy atom. The Labute approximate surface area is 402 Å². The first-order valence-corrected chi connectivity index (χ1v) is 24.6. The van der Waals surface area contributed by atoms with Crippen molar-refractivity contribution in [2.45, 2.75) is 136 Å². The number of aromatic nitrogens is 3. The Morgan fingerprint density at radius 1 is 1.10 bits per heavy atom. The van der Waals surface area contributed by atoms with Gasteiger partial charge in [0.05, 0.1) is 46.3 Å². The van der Waals surface area contributed by atoms with E-state index in [1.165, 1.54) is 26.8 Å². The van der Waals surface area contributed by atoms with Gasteiger partial charge in [-0.15, -0.1) is 11.3 Å². The molecule has 5 amide bonds. The van der Waals surface area contributed by atoms with Crippen LogP contribution in [0.15, 0.2) is 54.1 Å². The molecule has 364 valence electrons. The molecule has 1 saturated carbocycles. The molecule has 0 spiro atoms. The van der Waals surface area contributed by atoms with E-state index < -0.39 is 24.0 Å². The number of methoxy groups -OCH3 is 1. The van der Waals surface area contributed by atoms with E-state index in [4.69, 9.17) is 14.7 Å². The summed E-state index contributed by atoms with van der Waals surface area (Å²) in [5.41, 5.74) is 10.3. The van der Waals surface area contributed by atoms with Crippen molar-refractivity contribution in [2.24, 2.45) is 11.3 Å². The number of likely N-dealkylation sites (N-methyl/N-ethyl adjacent to an activating group) is 3. The highest BCUT2D eigenvalue weighted by molar-refractivity contribution is 7.10.